The van der Waals surface area contributed by atoms with Gasteiger partial charge in [-0.05, 0) is 49.9 Å². The second kappa shape index (κ2) is 4.57. The van der Waals surface area contributed by atoms with E-state index in [4.69, 9.17) is 10.5 Å². The van der Waals surface area contributed by atoms with E-state index in [-0.39, 0.29) is 5.54 Å². The average molecular weight is 234 g/mol. The monoisotopic (exact) mass is 234 g/mol. The molecule has 0 bridgehead atoms. The molecule has 1 aliphatic carbocycles. The average Bonchev–Trinajstić information content (AvgIpc) is 3.12. The summed E-state index contributed by atoms with van der Waals surface area (Å²) < 4.78 is 5.15. The van der Waals surface area contributed by atoms with Crippen LogP contribution in [-0.4, -0.2) is 26.2 Å². The van der Waals surface area contributed by atoms with Crippen LogP contribution in [0.25, 0.3) is 0 Å². The maximum absolute atomic E-state index is 6.35. The first kappa shape index (κ1) is 12.2. The third-order valence-corrected chi connectivity index (χ3v) is 3.60. The number of benzene rings is 1. The third-order valence-electron chi connectivity index (χ3n) is 3.60. The first-order chi connectivity index (χ1) is 8.03. The van der Waals surface area contributed by atoms with E-state index < -0.39 is 0 Å². The Kier molecular flexibility index (Phi) is 3.29. The predicted molar refractivity (Wildman–Crippen MR) is 71.6 cm³/mol. The Morgan fingerprint density at radius 2 is 1.94 bits per heavy atom. The zero-order valence-corrected chi connectivity index (χ0v) is 10.9. The molecular formula is C14H22N2O. The molecule has 0 heterocycles. The Morgan fingerprint density at radius 1 is 1.35 bits per heavy atom. The van der Waals surface area contributed by atoms with Gasteiger partial charge >= 0.3 is 0 Å². The Balaban J connectivity index is 2.00. The number of hydrogen-bond donors (Lipinski definition) is 1. The number of rotatable bonds is 5. The topological polar surface area (TPSA) is 38.5 Å². The fourth-order valence-electron chi connectivity index (χ4n) is 2.31. The second-order valence-corrected chi connectivity index (χ2v) is 5.33. The van der Waals surface area contributed by atoms with Crippen LogP contribution in [0.3, 0.4) is 0 Å². The number of likely N-dealkylation sites (N-methyl/N-ethyl adjacent to an activating group) is 1. The lowest BCUT2D eigenvalue weighted by Crippen LogP contribution is -2.48. The number of nitrogens with two attached hydrogens (primary N) is 1. The molecule has 0 aliphatic heterocycles. The number of anilines is 1. The van der Waals surface area contributed by atoms with Crippen molar-refractivity contribution in [2.45, 2.75) is 25.3 Å². The van der Waals surface area contributed by atoms with Crippen LogP contribution in [-0.2, 0) is 0 Å². The lowest BCUT2D eigenvalue weighted by atomic mass is 9.96. The number of hydrogen-bond acceptors (Lipinski definition) is 3. The lowest BCUT2D eigenvalue weighted by molar-refractivity contribution is 0.411. The van der Waals surface area contributed by atoms with Crippen LogP contribution < -0.4 is 15.4 Å². The summed E-state index contributed by atoms with van der Waals surface area (Å²) >= 11 is 0. The summed E-state index contributed by atoms with van der Waals surface area (Å²) in [6.07, 6.45) is 2.56. The van der Waals surface area contributed by atoms with Crippen LogP contribution in [0.15, 0.2) is 24.3 Å². The maximum Gasteiger partial charge on any atom is 0.119 e. The predicted octanol–water partition coefficient (Wildman–Crippen LogP) is 2.26. The van der Waals surface area contributed by atoms with Gasteiger partial charge in [0.2, 0.25) is 0 Å². The normalized spacial score (nSPS) is 18.6. The van der Waals surface area contributed by atoms with Crippen molar-refractivity contribution in [3.8, 4) is 5.75 Å². The summed E-state index contributed by atoms with van der Waals surface area (Å²) in [7, 11) is 3.78. The molecular weight excluding hydrogens is 212 g/mol. The standard InChI is InChI=1S/C14H22N2O/c1-14(15,11-4-5-11)10-16(2)12-6-8-13(17-3)9-7-12/h6-9,11H,4-5,10,15H2,1-3H3. The van der Waals surface area contributed by atoms with Gasteiger partial charge in [-0.2, -0.15) is 0 Å². The van der Waals surface area contributed by atoms with Gasteiger partial charge in [0.05, 0.1) is 7.11 Å². The molecule has 0 radical (unpaired) electrons. The molecule has 1 saturated carbocycles. The van der Waals surface area contributed by atoms with E-state index in [1.54, 1.807) is 7.11 Å². The quantitative estimate of drug-likeness (QED) is 0.849. The van der Waals surface area contributed by atoms with Crippen LogP contribution in [0.4, 0.5) is 5.69 Å². The molecule has 1 aromatic rings. The molecule has 1 aromatic carbocycles. The van der Waals surface area contributed by atoms with Gasteiger partial charge in [-0.1, -0.05) is 0 Å². The molecule has 3 heteroatoms. The molecule has 0 aromatic heterocycles. The van der Waals surface area contributed by atoms with Crippen LogP contribution in [0.1, 0.15) is 19.8 Å². The van der Waals surface area contributed by atoms with Crippen molar-refractivity contribution < 1.29 is 4.74 Å². The Hall–Kier alpha value is -1.22. The summed E-state index contributed by atoms with van der Waals surface area (Å²) in [6, 6.07) is 8.11. The highest BCUT2D eigenvalue weighted by molar-refractivity contribution is 5.48. The molecule has 1 unspecified atom stereocenters. The third kappa shape index (κ3) is 2.91. The van der Waals surface area contributed by atoms with Gasteiger partial charge < -0.3 is 15.4 Å². The van der Waals surface area contributed by atoms with Gasteiger partial charge in [0.25, 0.3) is 0 Å². The van der Waals surface area contributed by atoms with Gasteiger partial charge in [-0.15, -0.1) is 0 Å². The molecule has 1 atom stereocenters. The van der Waals surface area contributed by atoms with Crippen LogP contribution in [0, 0.1) is 5.92 Å². The summed E-state index contributed by atoms with van der Waals surface area (Å²) in [5.41, 5.74) is 7.46. The van der Waals surface area contributed by atoms with E-state index in [2.05, 4.69) is 31.0 Å². The number of methoxy groups -OCH3 is 1. The highest BCUT2D eigenvalue weighted by Gasteiger charge is 2.39. The van der Waals surface area contributed by atoms with Crippen molar-refractivity contribution >= 4 is 5.69 Å². The number of nitrogens with zero attached hydrogens (tertiary/aromatic N) is 1. The molecule has 0 spiro atoms. The van der Waals surface area contributed by atoms with E-state index in [1.165, 1.54) is 18.5 Å². The van der Waals surface area contributed by atoms with Gasteiger partial charge in [-0.3, -0.25) is 0 Å². The highest BCUT2D eigenvalue weighted by atomic mass is 16.5. The minimum atomic E-state index is -0.0747. The smallest absolute Gasteiger partial charge is 0.119 e. The second-order valence-electron chi connectivity index (χ2n) is 5.33. The molecule has 0 amide bonds. The van der Waals surface area contributed by atoms with Crippen molar-refractivity contribution in [2.24, 2.45) is 11.7 Å². The van der Waals surface area contributed by atoms with Crippen molar-refractivity contribution in [3.63, 3.8) is 0 Å². The van der Waals surface area contributed by atoms with Gasteiger partial charge in [-0.25, -0.2) is 0 Å². The molecule has 17 heavy (non-hydrogen) atoms. The molecule has 1 fully saturated rings. The van der Waals surface area contributed by atoms with E-state index in [9.17, 15) is 0 Å². The van der Waals surface area contributed by atoms with E-state index >= 15 is 0 Å². The van der Waals surface area contributed by atoms with Crippen LogP contribution >= 0.6 is 0 Å². The van der Waals surface area contributed by atoms with Crippen molar-refractivity contribution in [3.05, 3.63) is 24.3 Å². The van der Waals surface area contributed by atoms with E-state index in [1.807, 2.05) is 12.1 Å². The largest absolute Gasteiger partial charge is 0.497 e. The zero-order valence-electron chi connectivity index (χ0n) is 10.9. The maximum atomic E-state index is 6.35. The molecule has 2 N–H and O–H groups in total. The summed E-state index contributed by atoms with van der Waals surface area (Å²) in [6.45, 7) is 3.05. The zero-order chi connectivity index (χ0) is 12.5. The molecule has 3 nitrogen and oxygen atoms in total. The fraction of sp³-hybridized carbons (Fsp3) is 0.571. The number of ether oxygens (including phenoxy) is 1. The minimum Gasteiger partial charge on any atom is -0.497 e. The van der Waals surface area contributed by atoms with Crippen LogP contribution in [0.5, 0.6) is 5.75 Å². The fourth-order valence-corrected chi connectivity index (χ4v) is 2.31. The van der Waals surface area contributed by atoms with Gasteiger partial charge in [0.1, 0.15) is 5.75 Å². The summed E-state index contributed by atoms with van der Waals surface area (Å²) in [4.78, 5) is 2.22. The SMILES string of the molecule is COc1ccc(N(C)CC(C)(N)C2CC2)cc1. The van der Waals surface area contributed by atoms with Gasteiger partial charge in [0.15, 0.2) is 0 Å². The van der Waals surface area contributed by atoms with Gasteiger partial charge in [0, 0.05) is 24.8 Å². The Bertz CT molecular complexity index is 368. The summed E-state index contributed by atoms with van der Waals surface area (Å²) in [5, 5.41) is 0. The highest BCUT2D eigenvalue weighted by Crippen LogP contribution is 2.38. The first-order valence-corrected chi connectivity index (χ1v) is 6.17. The van der Waals surface area contributed by atoms with Crippen molar-refractivity contribution in [1.82, 2.24) is 0 Å². The van der Waals surface area contributed by atoms with Crippen LogP contribution in [0.2, 0.25) is 0 Å². The summed E-state index contributed by atoms with van der Waals surface area (Å²) in [5.74, 6) is 1.59. The Morgan fingerprint density at radius 3 is 2.41 bits per heavy atom. The molecule has 0 saturated heterocycles. The Labute approximate surface area is 104 Å². The van der Waals surface area contributed by atoms with Crippen molar-refractivity contribution in [1.29, 1.82) is 0 Å². The molecule has 2 rings (SSSR count). The molecule has 1 aliphatic rings. The first-order valence-electron chi connectivity index (χ1n) is 6.17. The van der Waals surface area contributed by atoms with E-state index in [0.717, 1.165) is 12.3 Å². The van der Waals surface area contributed by atoms with Crippen molar-refractivity contribution in [2.75, 3.05) is 25.6 Å². The minimum absolute atomic E-state index is 0.0747. The lowest BCUT2D eigenvalue weighted by Gasteiger charge is -2.31. The van der Waals surface area contributed by atoms with E-state index in [0.29, 0.717) is 5.92 Å². The molecule has 94 valence electrons.